The van der Waals surface area contributed by atoms with Gasteiger partial charge in [0.05, 0.1) is 0 Å². The highest BCUT2D eigenvalue weighted by Gasteiger charge is 2.12. The van der Waals surface area contributed by atoms with Crippen LogP contribution in [0, 0.1) is 11.8 Å². The standard InChI is InChI=1S/C18H22.CHN/c1-2-3-6-15-18(16-11-7-4-8-12-16)17-13-9-5-10-14-17;1-2/h4-5,7-14,18H,2-3,6,15H2,1H3;1H. The molecule has 0 aromatic heterocycles. The second-order valence-electron chi connectivity index (χ2n) is 4.87. The highest BCUT2D eigenvalue weighted by atomic mass is 14.2. The van der Waals surface area contributed by atoms with Gasteiger partial charge in [-0.1, -0.05) is 86.8 Å². The van der Waals surface area contributed by atoms with Crippen LogP contribution in [0.5, 0.6) is 0 Å². The lowest BCUT2D eigenvalue weighted by molar-refractivity contribution is 0.618. The molecule has 0 aliphatic heterocycles. The van der Waals surface area contributed by atoms with Gasteiger partial charge in [-0.2, -0.15) is 0 Å². The van der Waals surface area contributed by atoms with Crippen LogP contribution in [0.3, 0.4) is 0 Å². The maximum Gasteiger partial charge on any atom is 0.0462 e. The minimum atomic E-state index is 0.555. The summed E-state index contributed by atoms with van der Waals surface area (Å²) in [5.74, 6) is 0.555. The maximum absolute atomic E-state index is 6.50. The Labute approximate surface area is 122 Å². The average molecular weight is 265 g/mol. The van der Waals surface area contributed by atoms with Crippen molar-refractivity contribution < 1.29 is 0 Å². The molecule has 0 radical (unpaired) electrons. The first-order valence-electron chi connectivity index (χ1n) is 7.27. The number of nitrogens with zero attached hydrogens (tertiary/aromatic N) is 1. The van der Waals surface area contributed by atoms with Crippen LogP contribution in [0.2, 0.25) is 0 Å². The Bertz CT molecular complexity index is 433. The van der Waals surface area contributed by atoms with Crippen LogP contribution in [0.1, 0.15) is 49.7 Å². The van der Waals surface area contributed by atoms with Gasteiger partial charge in [-0.3, -0.25) is 0 Å². The largest absolute Gasteiger partial charge is 0.202 e. The number of rotatable bonds is 6. The third kappa shape index (κ3) is 4.90. The van der Waals surface area contributed by atoms with Gasteiger partial charge < -0.3 is 0 Å². The average Bonchev–Trinajstić information content (AvgIpc) is 2.55. The Balaban J connectivity index is 0.000000956. The predicted molar refractivity (Wildman–Crippen MR) is 85.5 cm³/mol. The van der Waals surface area contributed by atoms with Crippen LogP contribution in [0.4, 0.5) is 0 Å². The molecular formula is C19H23N. The normalized spacial score (nSPS) is 9.80. The van der Waals surface area contributed by atoms with Gasteiger partial charge in [0, 0.05) is 12.5 Å². The summed E-state index contributed by atoms with van der Waals surface area (Å²) in [5, 5.41) is 6.50. The number of unbranched alkanes of at least 4 members (excludes halogenated alkanes) is 2. The van der Waals surface area contributed by atoms with E-state index in [0.29, 0.717) is 5.92 Å². The molecule has 2 aromatic carbocycles. The van der Waals surface area contributed by atoms with E-state index in [2.05, 4.69) is 74.2 Å². The lowest BCUT2D eigenvalue weighted by Crippen LogP contribution is -2.01. The SMILES string of the molecule is C#N.CCCCCC(c1ccccc1)c1ccccc1. The fourth-order valence-electron chi connectivity index (χ4n) is 2.49. The van der Waals surface area contributed by atoms with E-state index in [4.69, 9.17) is 5.26 Å². The molecule has 1 nitrogen and oxygen atoms in total. The van der Waals surface area contributed by atoms with Crippen molar-refractivity contribution in [3.63, 3.8) is 0 Å². The summed E-state index contributed by atoms with van der Waals surface area (Å²) >= 11 is 0. The summed E-state index contributed by atoms with van der Waals surface area (Å²) in [4.78, 5) is 0. The van der Waals surface area contributed by atoms with Gasteiger partial charge in [-0.15, -0.1) is 0 Å². The van der Waals surface area contributed by atoms with Crippen molar-refractivity contribution in [2.45, 2.75) is 38.5 Å². The summed E-state index contributed by atoms with van der Waals surface area (Å²) < 4.78 is 0. The summed E-state index contributed by atoms with van der Waals surface area (Å²) in [6.45, 7) is 5.76. The molecule has 0 saturated heterocycles. The maximum atomic E-state index is 6.50. The fraction of sp³-hybridized carbons (Fsp3) is 0.316. The fourth-order valence-corrected chi connectivity index (χ4v) is 2.49. The minimum Gasteiger partial charge on any atom is -0.202 e. The number of hydrogen-bond acceptors (Lipinski definition) is 1. The van der Waals surface area contributed by atoms with Gasteiger partial charge >= 0.3 is 0 Å². The first-order chi connectivity index (χ1) is 9.92. The molecule has 0 amide bonds. The van der Waals surface area contributed by atoms with Crippen LogP contribution in [0.15, 0.2) is 60.7 Å². The Morgan fingerprint density at radius 1 is 0.800 bits per heavy atom. The molecule has 2 rings (SSSR count). The Morgan fingerprint density at radius 3 is 1.65 bits per heavy atom. The summed E-state index contributed by atoms with van der Waals surface area (Å²) in [6, 6.07) is 21.8. The molecule has 0 N–H and O–H groups in total. The lowest BCUT2D eigenvalue weighted by Gasteiger charge is -2.18. The second kappa shape index (κ2) is 9.81. The monoisotopic (exact) mass is 265 g/mol. The molecule has 2 aromatic rings. The van der Waals surface area contributed by atoms with Crippen LogP contribution in [0.25, 0.3) is 0 Å². The second-order valence-corrected chi connectivity index (χ2v) is 4.87. The molecule has 0 aliphatic rings. The predicted octanol–water partition coefficient (Wildman–Crippen LogP) is 5.54. The van der Waals surface area contributed by atoms with Crippen molar-refractivity contribution >= 4 is 0 Å². The molecule has 20 heavy (non-hydrogen) atoms. The van der Waals surface area contributed by atoms with E-state index in [-0.39, 0.29) is 0 Å². The van der Waals surface area contributed by atoms with Crippen molar-refractivity contribution in [2.75, 3.05) is 0 Å². The van der Waals surface area contributed by atoms with E-state index < -0.39 is 0 Å². The first-order valence-corrected chi connectivity index (χ1v) is 7.27. The van der Waals surface area contributed by atoms with E-state index in [9.17, 15) is 0 Å². The number of benzene rings is 2. The van der Waals surface area contributed by atoms with Gasteiger partial charge in [0.2, 0.25) is 0 Å². The van der Waals surface area contributed by atoms with Crippen molar-refractivity contribution in [1.82, 2.24) is 0 Å². The van der Waals surface area contributed by atoms with E-state index in [0.717, 1.165) is 0 Å². The Kier molecular flexibility index (Phi) is 7.84. The van der Waals surface area contributed by atoms with E-state index in [1.165, 1.54) is 36.8 Å². The van der Waals surface area contributed by atoms with Crippen molar-refractivity contribution in [3.8, 4) is 6.57 Å². The van der Waals surface area contributed by atoms with Crippen molar-refractivity contribution in [2.24, 2.45) is 0 Å². The number of nitriles is 1. The quantitative estimate of drug-likeness (QED) is 0.629. The van der Waals surface area contributed by atoms with Crippen molar-refractivity contribution in [1.29, 1.82) is 5.26 Å². The molecule has 0 bridgehead atoms. The van der Waals surface area contributed by atoms with Crippen molar-refractivity contribution in [3.05, 3.63) is 71.8 Å². The third-order valence-corrected chi connectivity index (χ3v) is 3.50. The van der Waals surface area contributed by atoms with Gasteiger partial charge in [-0.05, 0) is 17.5 Å². The first kappa shape index (κ1) is 16.0. The molecule has 0 aliphatic carbocycles. The van der Waals surface area contributed by atoms with Gasteiger partial charge in [-0.25, -0.2) is 5.26 Å². The molecule has 1 heteroatoms. The highest BCUT2D eigenvalue weighted by molar-refractivity contribution is 5.32. The Hall–Kier alpha value is -2.07. The lowest BCUT2D eigenvalue weighted by atomic mass is 9.87. The summed E-state index contributed by atoms with van der Waals surface area (Å²) in [7, 11) is 0. The minimum absolute atomic E-state index is 0.555. The van der Waals surface area contributed by atoms with E-state index in [1.54, 1.807) is 0 Å². The van der Waals surface area contributed by atoms with Gasteiger partial charge in [0.1, 0.15) is 0 Å². The van der Waals surface area contributed by atoms with Crippen LogP contribution in [-0.2, 0) is 0 Å². The summed E-state index contributed by atoms with van der Waals surface area (Å²) in [5.41, 5.74) is 2.89. The van der Waals surface area contributed by atoms with E-state index >= 15 is 0 Å². The van der Waals surface area contributed by atoms with Gasteiger partial charge in [0.25, 0.3) is 0 Å². The Morgan fingerprint density at radius 2 is 1.25 bits per heavy atom. The smallest absolute Gasteiger partial charge is 0.0462 e. The topological polar surface area (TPSA) is 23.8 Å². The molecule has 0 spiro atoms. The molecule has 104 valence electrons. The molecule has 0 saturated carbocycles. The molecule has 0 fully saturated rings. The zero-order chi connectivity index (χ0) is 14.6. The molecule has 0 heterocycles. The molecule has 0 unspecified atom stereocenters. The molecule has 0 atom stereocenters. The van der Waals surface area contributed by atoms with Crippen LogP contribution < -0.4 is 0 Å². The third-order valence-electron chi connectivity index (χ3n) is 3.50. The highest BCUT2D eigenvalue weighted by Crippen LogP contribution is 2.29. The zero-order valence-corrected chi connectivity index (χ0v) is 12.2. The van der Waals surface area contributed by atoms with Crippen LogP contribution >= 0.6 is 0 Å². The van der Waals surface area contributed by atoms with E-state index in [1.807, 2.05) is 0 Å². The number of hydrogen-bond donors (Lipinski definition) is 0. The van der Waals surface area contributed by atoms with Crippen LogP contribution in [-0.4, -0.2) is 0 Å². The van der Waals surface area contributed by atoms with Gasteiger partial charge in [0.15, 0.2) is 0 Å². The summed E-state index contributed by atoms with van der Waals surface area (Å²) in [6.07, 6.45) is 5.18. The molecular weight excluding hydrogens is 242 g/mol. The zero-order valence-electron chi connectivity index (χ0n) is 12.2.